The lowest BCUT2D eigenvalue weighted by molar-refractivity contribution is -0.376. The molecule has 1 amide bonds. The number of fused-ring (bicyclic) bond motifs is 2. The van der Waals surface area contributed by atoms with Gasteiger partial charge in [-0.2, -0.15) is 26.3 Å². The molecule has 0 bridgehead atoms. The molecule has 2 aromatic rings. The Balaban J connectivity index is 2.14. The summed E-state index contributed by atoms with van der Waals surface area (Å²) in [5.41, 5.74) is -4.98. The SMILES string of the molecule is CN1C(=O)c2ccccc2CCc2cc(C(O)(C(F)(F)F)C(F)(F)F)ccc21. The fourth-order valence-electron chi connectivity index (χ4n) is 3.33. The molecule has 0 saturated heterocycles. The molecule has 0 spiro atoms. The van der Waals surface area contributed by atoms with Crippen LogP contribution in [0.3, 0.4) is 0 Å². The number of carbonyl (C=O) groups excluding carboxylic acids is 1. The zero-order valence-corrected chi connectivity index (χ0v) is 14.5. The van der Waals surface area contributed by atoms with Crippen molar-refractivity contribution in [1.29, 1.82) is 0 Å². The first-order valence-electron chi connectivity index (χ1n) is 8.23. The molecule has 2 aromatic carbocycles. The van der Waals surface area contributed by atoms with Crippen LogP contribution in [-0.2, 0) is 18.4 Å². The molecule has 28 heavy (non-hydrogen) atoms. The van der Waals surface area contributed by atoms with Crippen molar-refractivity contribution in [3.63, 3.8) is 0 Å². The number of hydrogen-bond donors (Lipinski definition) is 1. The predicted octanol–water partition coefficient (Wildman–Crippen LogP) is 4.37. The number of benzene rings is 2. The van der Waals surface area contributed by atoms with Crippen molar-refractivity contribution in [3.05, 3.63) is 64.7 Å². The van der Waals surface area contributed by atoms with E-state index in [1.807, 2.05) is 0 Å². The van der Waals surface area contributed by atoms with E-state index in [2.05, 4.69) is 0 Å². The van der Waals surface area contributed by atoms with Crippen molar-refractivity contribution in [2.75, 3.05) is 11.9 Å². The Kier molecular flexibility index (Phi) is 4.69. The van der Waals surface area contributed by atoms with Crippen molar-refractivity contribution in [2.45, 2.75) is 30.8 Å². The highest BCUT2D eigenvalue weighted by molar-refractivity contribution is 6.07. The lowest BCUT2D eigenvalue weighted by Gasteiger charge is -2.34. The molecule has 0 radical (unpaired) electrons. The Morgan fingerprint density at radius 2 is 1.46 bits per heavy atom. The molecule has 0 saturated carbocycles. The third-order valence-corrected chi connectivity index (χ3v) is 4.90. The second-order valence-corrected chi connectivity index (χ2v) is 6.57. The maximum atomic E-state index is 13.2. The number of anilines is 1. The number of halogens is 6. The standard InChI is InChI=1S/C19H15F6NO2/c1-26-15-9-8-13(17(28,18(20,21)22)19(23,24)25)10-12(15)7-6-11-4-2-3-5-14(11)16(26)27/h2-5,8-10,28H,6-7H2,1H3. The van der Waals surface area contributed by atoms with Gasteiger partial charge in [0.1, 0.15) is 0 Å². The summed E-state index contributed by atoms with van der Waals surface area (Å²) in [5.74, 6) is -0.425. The van der Waals surface area contributed by atoms with Gasteiger partial charge in [0.25, 0.3) is 11.5 Å². The van der Waals surface area contributed by atoms with Crippen LogP contribution in [0.5, 0.6) is 0 Å². The number of aryl methyl sites for hydroxylation is 2. The molecule has 0 aromatic heterocycles. The van der Waals surface area contributed by atoms with E-state index in [0.29, 0.717) is 23.3 Å². The monoisotopic (exact) mass is 403 g/mol. The van der Waals surface area contributed by atoms with Gasteiger partial charge in [-0.15, -0.1) is 0 Å². The van der Waals surface area contributed by atoms with E-state index in [-0.39, 0.29) is 24.1 Å². The number of aliphatic hydroxyl groups is 1. The molecule has 3 rings (SSSR count). The van der Waals surface area contributed by atoms with Gasteiger partial charge in [-0.05, 0) is 36.1 Å². The first kappa shape index (κ1) is 20.2. The fraction of sp³-hybridized carbons (Fsp3) is 0.316. The molecule has 1 N–H and O–H groups in total. The molecule has 0 unspecified atom stereocenters. The fourth-order valence-corrected chi connectivity index (χ4v) is 3.33. The molecule has 9 heteroatoms. The first-order valence-corrected chi connectivity index (χ1v) is 8.23. The Labute approximate surface area is 156 Å². The smallest absolute Gasteiger partial charge is 0.369 e. The van der Waals surface area contributed by atoms with Gasteiger partial charge in [-0.3, -0.25) is 4.79 Å². The van der Waals surface area contributed by atoms with E-state index in [0.717, 1.165) is 6.07 Å². The Bertz CT molecular complexity index is 905. The summed E-state index contributed by atoms with van der Waals surface area (Å²) in [4.78, 5) is 13.8. The van der Waals surface area contributed by atoms with Gasteiger partial charge in [0, 0.05) is 23.9 Å². The van der Waals surface area contributed by atoms with Crippen LogP contribution >= 0.6 is 0 Å². The maximum Gasteiger partial charge on any atom is 0.430 e. The highest BCUT2D eigenvalue weighted by atomic mass is 19.4. The summed E-state index contributed by atoms with van der Waals surface area (Å²) in [6.07, 6.45) is -11.6. The minimum absolute atomic E-state index is 0.101. The third-order valence-electron chi connectivity index (χ3n) is 4.90. The molecular weight excluding hydrogens is 388 g/mol. The van der Waals surface area contributed by atoms with E-state index >= 15 is 0 Å². The molecule has 1 aliphatic rings. The van der Waals surface area contributed by atoms with Crippen LogP contribution in [0.15, 0.2) is 42.5 Å². The molecule has 3 nitrogen and oxygen atoms in total. The zero-order valence-electron chi connectivity index (χ0n) is 14.5. The number of alkyl halides is 6. The van der Waals surface area contributed by atoms with E-state index in [1.54, 1.807) is 24.3 Å². The zero-order chi connectivity index (χ0) is 20.9. The summed E-state index contributed by atoms with van der Waals surface area (Å²) in [6.45, 7) is 0. The van der Waals surface area contributed by atoms with Gasteiger partial charge in [0.15, 0.2) is 0 Å². The number of amides is 1. The highest BCUT2D eigenvalue weighted by Gasteiger charge is 2.71. The predicted molar refractivity (Wildman–Crippen MR) is 89.0 cm³/mol. The van der Waals surface area contributed by atoms with Crippen LogP contribution in [0, 0.1) is 0 Å². The van der Waals surface area contributed by atoms with Gasteiger partial charge >= 0.3 is 12.4 Å². The van der Waals surface area contributed by atoms with E-state index in [1.165, 1.54) is 11.9 Å². The molecule has 1 aliphatic heterocycles. The third kappa shape index (κ3) is 3.03. The van der Waals surface area contributed by atoms with Crippen molar-refractivity contribution in [2.24, 2.45) is 0 Å². The number of nitrogens with zero attached hydrogens (tertiary/aromatic N) is 1. The van der Waals surface area contributed by atoms with Crippen LogP contribution in [0.4, 0.5) is 32.0 Å². The lowest BCUT2D eigenvalue weighted by atomic mass is 9.88. The van der Waals surface area contributed by atoms with Gasteiger partial charge in [0.2, 0.25) is 0 Å². The lowest BCUT2D eigenvalue weighted by Crippen LogP contribution is -2.54. The van der Waals surface area contributed by atoms with Crippen molar-refractivity contribution in [3.8, 4) is 0 Å². The van der Waals surface area contributed by atoms with Crippen molar-refractivity contribution < 1.29 is 36.2 Å². The number of rotatable bonds is 1. The molecule has 0 atom stereocenters. The van der Waals surface area contributed by atoms with E-state index in [4.69, 9.17) is 0 Å². The maximum absolute atomic E-state index is 13.2. The molecule has 1 heterocycles. The number of carbonyl (C=O) groups is 1. The van der Waals surface area contributed by atoms with Gasteiger partial charge in [-0.1, -0.05) is 30.3 Å². The second kappa shape index (κ2) is 6.51. The number of hydrogen-bond acceptors (Lipinski definition) is 2. The first-order chi connectivity index (χ1) is 12.9. The summed E-state index contributed by atoms with van der Waals surface area (Å²) in [5, 5.41) is 9.63. The normalized spacial score (nSPS) is 15.6. The Morgan fingerprint density at radius 3 is 2.07 bits per heavy atom. The minimum atomic E-state index is -5.96. The largest absolute Gasteiger partial charge is 0.430 e. The average molecular weight is 403 g/mol. The van der Waals surface area contributed by atoms with Crippen LogP contribution in [0.25, 0.3) is 0 Å². The van der Waals surface area contributed by atoms with Crippen LogP contribution < -0.4 is 4.90 Å². The summed E-state index contributed by atoms with van der Waals surface area (Å²) in [6, 6.07) is 8.88. The molecular formula is C19H15F6NO2. The molecule has 0 aliphatic carbocycles. The quantitative estimate of drug-likeness (QED) is 0.719. The summed E-state index contributed by atoms with van der Waals surface area (Å²) >= 11 is 0. The Morgan fingerprint density at radius 1 is 0.893 bits per heavy atom. The minimum Gasteiger partial charge on any atom is -0.369 e. The Hall–Kier alpha value is -2.55. The van der Waals surface area contributed by atoms with Gasteiger partial charge < -0.3 is 10.0 Å². The molecule has 150 valence electrons. The van der Waals surface area contributed by atoms with Gasteiger partial charge in [-0.25, -0.2) is 0 Å². The summed E-state index contributed by atoms with van der Waals surface area (Å²) < 4.78 is 79.0. The van der Waals surface area contributed by atoms with Crippen LogP contribution in [-0.4, -0.2) is 30.4 Å². The van der Waals surface area contributed by atoms with E-state index < -0.39 is 29.4 Å². The van der Waals surface area contributed by atoms with Crippen molar-refractivity contribution in [1.82, 2.24) is 0 Å². The second-order valence-electron chi connectivity index (χ2n) is 6.57. The summed E-state index contributed by atoms with van der Waals surface area (Å²) in [7, 11) is 1.39. The van der Waals surface area contributed by atoms with Crippen LogP contribution in [0.1, 0.15) is 27.0 Å². The molecule has 0 fully saturated rings. The van der Waals surface area contributed by atoms with Gasteiger partial charge in [0.05, 0.1) is 0 Å². The topological polar surface area (TPSA) is 40.5 Å². The van der Waals surface area contributed by atoms with Crippen molar-refractivity contribution >= 4 is 11.6 Å². The highest BCUT2D eigenvalue weighted by Crippen LogP contribution is 2.50. The van der Waals surface area contributed by atoms with Crippen LogP contribution in [0.2, 0.25) is 0 Å². The average Bonchev–Trinajstić information content (AvgIpc) is 2.62. The van der Waals surface area contributed by atoms with E-state index in [9.17, 15) is 36.2 Å².